The summed E-state index contributed by atoms with van der Waals surface area (Å²) in [5.41, 5.74) is 1.35. The number of amides is 1. The van der Waals surface area contributed by atoms with Crippen LogP contribution in [0.15, 0.2) is 48.8 Å². The van der Waals surface area contributed by atoms with Gasteiger partial charge in [-0.05, 0) is 18.6 Å². The van der Waals surface area contributed by atoms with E-state index in [1.807, 2.05) is 30.3 Å². The SMILES string of the molecule is CC(OC(=O)Nc1cnccc1Cl)c1ccccc1. The van der Waals surface area contributed by atoms with Gasteiger partial charge in [0.05, 0.1) is 16.9 Å². The Balaban J connectivity index is 1.97. The molecule has 1 heterocycles. The zero-order valence-corrected chi connectivity index (χ0v) is 11.1. The maximum atomic E-state index is 11.7. The first-order valence-electron chi connectivity index (χ1n) is 5.79. The van der Waals surface area contributed by atoms with Gasteiger partial charge in [-0.25, -0.2) is 4.79 Å². The zero-order chi connectivity index (χ0) is 13.7. The van der Waals surface area contributed by atoms with Crippen LogP contribution in [0.1, 0.15) is 18.6 Å². The number of pyridine rings is 1. The predicted molar refractivity (Wildman–Crippen MR) is 74.2 cm³/mol. The van der Waals surface area contributed by atoms with Gasteiger partial charge in [0.1, 0.15) is 6.10 Å². The average Bonchev–Trinajstić information content (AvgIpc) is 2.42. The van der Waals surface area contributed by atoms with Gasteiger partial charge in [-0.15, -0.1) is 0 Å². The fourth-order valence-electron chi connectivity index (χ4n) is 1.56. The molecule has 0 fully saturated rings. The molecule has 1 N–H and O–H groups in total. The molecule has 2 rings (SSSR count). The number of nitrogens with zero attached hydrogens (tertiary/aromatic N) is 1. The van der Waals surface area contributed by atoms with Crippen LogP contribution < -0.4 is 5.32 Å². The Kier molecular flexibility index (Phi) is 4.36. The van der Waals surface area contributed by atoms with E-state index in [1.54, 1.807) is 19.2 Å². The topological polar surface area (TPSA) is 51.2 Å². The Bertz CT molecular complexity index is 560. The molecule has 0 radical (unpaired) electrons. The van der Waals surface area contributed by atoms with E-state index in [0.717, 1.165) is 5.56 Å². The number of hydrogen-bond acceptors (Lipinski definition) is 3. The summed E-state index contributed by atoms with van der Waals surface area (Å²) in [4.78, 5) is 15.6. The van der Waals surface area contributed by atoms with E-state index in [4.69, 9.17) is 16.3 Å². The van der Waals surface area contributed by atoms with E-state index >= 15 is 0 Å². The van der Waals surface area contributed by atoms with E-state index in [0.29, 0.717) is 10.7 Å². The van der Waals surface area contributed by atoms with Gasteiger partial charge >= 0.3 is 6.09 Å². The molecular formula is C14H13ClN2O2. The van der Waals surface area contributed by atoms with Gasteiger partial charge in [0.15, 0.2) is 0 Å². The number of ether oxygens (including phenoxy) is 1. The summed E-state index contributed by atoms with van der Waals surface area (Å²) in [7, 11) is 0. The van der Waals surface area contributed by atoms with Crippen molar-refractivity contribution in [2.45, 2.75) is 13.0 Å². The second-order valence-corrected chi connectivity index (χ2v) is 4.35. The number of benzene rings is 1. The first kappa shape index (κ1) is 13.4. The smallest absolute Gasteiger partial charge is 0.412 e. The van der Waals surface area contributed by atoms with Crippen molar-refractivity contribution in [2.24, 2.45) is 0 Å². The van der Waals surface area contributed by atoms with Crippen molar-refractivity contribution in [3.8, 4) is 0 Å². The van der Waals surface area contributed by atoms with Gasteiger partial charge in [-0.1, -0.05) is 41.9 Å². The maximum Gasteiger partial charge on any atom is 0.412 e. The highest BCUT2D eigenvalue weighted by Gasteiger charge is 2.12. The van der Waals surface area contributed by atoms with E-state index in [2.05, 4.69) is 10.3 Å². The predicted octanol–water partition coefficient (Wildman–Crippen LogP) is 4.04. The first-order valence-corrected chi connectivity index (χ1v) is 6.16. The Morgan fingerprint density at radius 2 is 2.05 bits per heavy atom. The van der Waals surface area contributed by atoms with Crippen LogP contribution in [0.2, 0.25) is 5.02 Å². The summed E-state index contributed by atoms with van der Waals surface area (Å²) in [6.45, 7) is 1.81. The molecule has 5 heteroatoms. The number of aromatic nitrogens is 1. The van der Waals surface area contributed by atoms with Crippen molar-refractivity contribution in [3.63, 3.8) is 0 Å². The lowest BCUT2D eigenvalue weighted by Crippen LogP contribution is -2.16. The van der Waals surface area contributed by atoms with Gasteiger partial charge in [-0.3, -0.25) is 10.3 Å². The fraction of sp³-hybridized carbons (Fsp3) is 0.143. The van der Waals surface area contributed by atoms with Crippen molar-refractivity contribution >= 4 is 23.4 Å². The lowest BCUT2D eigenvalue weighted by atomic mass is 10.1. The van der Waals surface area contributed by atoms with Gasteiger partial charge < -0.3 is 4.74 Å². The highest BCUT2D eigenvalue weighted by Crippen LogP contribution is 2.21. The Hall–Kier alpha value is -2.07. The van der Waals surface area contributed by atoms with E-state index in [-0.39, 0.29) is 6.10 Å². The molecule has 19 heavy (non-hydrogen) atoms. The number of nitrogens with one attached hydrogen (secondary N) is 1. The molecule has 0 bridgehead atoms. The third-order valence-electron chi connectivity index (χ3n) is 2.56. The summed E-state index contributed by atoms with van der Waals surface area (Å²) >= 11 is 5.91. The molecule has 1 unspecified atom stereocenters. The quantitative estimate of drug-likeness (QED) is 0.920. The summed E-state index contributed by atoms with van der Waals surface area (Å²) in [6.07, 6.45) is 2.12. The molecule has 0 spiro atoms. The molecular weight excluding hydrogens is 264 g/mol. The molecule has 1 atom stereocenters. The number of hydrogen-bond donors (Lipinski definition) is 1. The zero-order valence-electron chi connectivity index (χ0n) is 10.3. The summed E-state index contributed by atoms with van der Waals surface area (Å²) in [6, 6.07) is 11.1. The van der Waals surface area contributed by atoms with E-state index in [9.17, 15) is 4.79 Å². The Morgan fingerprint density at radius 3 is 2.74 bits per heavy atom. The lowest BCUT2D eigenvalue weighted by Gasteiger charge is -2.14. The van der Waals surface area contributed by atoms with Gasteiger partial charge in [0, 0.05) is 6.20 Å². The number of anilines is 1. The van der Waals surface area contributed by atoms with Crippen molar-refractivity contribution in [1.82, 2.24) is 4.98 Å². The highest BCUT2D eigenvalue weighted by atomic mass is 35.5. The first-order chi connectivity index (χ1) is 9.16. The second-order valence-electron chi connectivity index (χ2n) is 3.94. The molecule has 0 aliphatic heterocycles. The number of halogens is 1. The molecule has 0 saturated carbocycles. The van der Waals surface area contributed by atoms with E-state index in [1.165, 1.54) is 6.20 Å². The highest BCUT2D eigenvalue weighted by molar-refractivity contribution is 6.33. The fourth-order valence-corrected chi connectivity index (χ4v) is 1.71. The van der Waals surface area contributed by atoms with Gasteiger partial charge in [0.25, 0.3) is 0 Å². The minimum absolute atomic E-state index is 0.336. The summed E-state index contributed by atoms with van der Waals surface area (Å²) < 4.78 is 5.26. The summed E-state index contributed by atoms with van der Waals surface area (Å²) in [5, 5.41) is 2.97. The molecule has 1 amide bonds. The molecule has 0 aliphatic carbocycles. The minimum atomic E-state index is -0.564. The maximum absolute atomic E-state index is 11.7. The standard InChI is InChI=1S/C14H13ClN2O2/c1-10(11-5-3-2-4-6-11)19-14(18)17-13-9-16-8-7-12(13)15/h2-10H,1H3,(H,17,18). The van der Waals surface area contributed by atoms with Gasteiger partial charge in [-0.2, -0.15) is 0 Å². The van der Waals surface area contributed by atoms with Crippen LogP contribution in [0.4, 0.5) is 10.5 Å². The Labute approximate surface area is 116 Å². The van der Waals surface area contributed by atoms with Crippen LogP contribution in [-0.2, 0) is 4.74 Å². The van der Waals surface area contributed by atoms with Crippen LogP contribution in [0.5, 0.6) is 0 Å². The molecule has 1 aromatic carbocycles. The minimum Gasteiger partial charge on any atom is -0.441 e. The Morgan fingerprint density at radius 1 is 1.32 bits per heavy atom. The van der Waals surface area contributed by atoms with Crippen LogP contribution in [0, 0.1) is 0 Å². The normalized spacial score (nSPS) is 11.7. The molecule has 1 aromatic heterocycles. The second kappa shape index (κ2) is 6.20. The number of carbonyl (C=O) groups is 1. The lowest BCUT2D eigenvalue weighted by molar-refractivity contribution is 0.121. The molecule has 98 valence electrons. The van der Waals surface area contributed by atoms with Crippen LogP contribution in [-0.4, -0.2) is 11.1 Å². The number of carbonyl (C=O) groups excluding carboxylic acids is 1. The monoisotopic (exact) mass is 276 g/mol. The van der Waals surface area contributed by atoms with Crippen molar-refractivity contribution in [2.75, 3.05) is 5.32 Å². The average molecular weight is 277 g/mol. The molecule has 4 nitrogen and oxygen atoms in total. The van der Waals surface area contributed by atoms with Gasteiger partial charge in [0.2, 0.25) is 0 Å². The van der Waals surface area contributed by atoms with Crippen LogP contribution in [0.3, 0.4) is 0 Å². The van der Waals surface area contributed by atoms with Crippen molar-refractivity contribution in [1.29, 1.82) is 0 Å². The van der Waals surface area contributed by atoms with Crippen LogP contribution >= 0.6 is 11.6 Å². The van der Waals surface area contributed by atoms with Crippen molar-refractivity contribution in [3.05, 3.63) is 59.4 Å². The molecule has 0 aliphatic rings. The molecule has 0 saturated heterocycles. The van der Waals surface area contributed by atoms with Crippen LogP contribution in [0.25, 0.3) is 0 Å². The largest absolute Gasteiger partial charge is 0.441 e. The number of rotatable bonds is 3. The third-order valence-corrected chi connectivity index (χ3v) is 2.89. The van der Waals surface area contributed by atoms with Crippen molar-refractivity contribution < 1.29 is 9.53 Å². The summed E-state index contributed by atoms with van der Waals surface area (Å²) in [5.74, 6) is 0. The van der Waals surface area contributed by atoms with E-state index < -0.39 is 6.09 Å². The third kappa shape index (κ3) is 3.69. The molecule has 2 aromatic rings.